The van der Waals surface area contributed by atoms with Gasteiger partial charge in [-0.2, -0.15) is 0 Å². The molecule has 0 spiro atoms. The van der Waals surface area contributed by atoms with Crippen LogP contribution in [0.15, 0.2) is 36.4 Å². The van der Waals surface area contributed by atoms with E-state index in [4.69, 9.17) is 9.47 Å². The summed E-state index contributed by atoms with van der Waals surface area (Å²) in [5.41, 5.74) is 1.27. The van der Waals surface area contributed by atoms with Gasteiger partial charge < -0.3 is 9.47 Å². The lowest BCUT2D eigenvalue weighted by Crippen LogP contribution is -1.89. The van der Waals surface area contributed by atoms with Gasteiger partial charge in [-0.1, -0.05) is 30.3 Å². The molecule has 0 N–H and O–H groups in total. The highest BCUT2D eigenvalue weighted by Gasteiger charge is 2.26. The van der Waals surface area contributed by atoms with Gasteiger partial charge in [-0.05, 0) is 17.0 Å². The van der Waals surface area contributed by atoms with Crippen molar-refractivity contribution in [1.82, 2.24) is 0 Å². The fourth-order valence-corrected chi connectivity index (χ4v) is 1.98. The van der Waals surface area contributed by atoms with Crippen molar-refractivity contribution in [3.63, 3.8) is 0 Å². The van der Waals surface area contributed by atoms with E-state index < -0.39 is 0 Å². The summed E-state index contributed by atoms with van der Waals surface area (Å²) in [5, 5.41) is 2.40. The van der Waals surface area contributed by atoms with Crippen molar-refractivity contribution in [2.24, 2.45) is 0 Å². The highest BCUT2D eigenvalue weighted by atomic mass is 16.6. The van der Waals surface area contributed by atoms with Crippen LogP contribution in [0.25, 0.3) is 10.8 Å². The average molecular weight is 200 g/mol. The number of rotatable bonds is 2. The van der Waals surface area contributed by atoms with E-state index in [9.17, 15) is 0 Å². The summed E-state index contributed by atoms with van der Waals surface area (Å²) in [5.74, 6) is 0.926. The van der Waals surface area contributed by atoms with E-state index in [0.717, 1.165) is 17.7 Å². The van der Waals surface area contributed by atoms with E-state index in [-0.39, 0.29) is 0 Å². The molecule has 0 aromatic heterocycles. The topological polar surface area (TPSA) is 21.8 Å². The first-order valence-corrected chi connectivity index (χ1v) is 5.07. The number of ether oxygens (including phenoxy) is 2. The summed E-state index contributed by atoms with van der Waals surface area (Å²) < 4.78 is 10.7. The molecule has 0 unspecified atom stereocenters. The molecule has 3 rings (SSSR count). The Labute approximate surface area is 88.4 Å². The Hall–Kier alpha value is -1.54. The van der Waals surface area contributed by atoms with Crippen LogP contribution in [0.1, 0.15) is 11.7 Å². The molecular formula is C13H12O2. The van der Waals surface area contributed by atoms with Crippen molar-refractivity contribution in [2.75, 3.05) is 13.7 Å². The van der Waals surface area contributed by atoms with Crippen LogP contribution in [0, 0.1) is 0 Å². The number of hydrogen-bond acceptors (Lipinski definition) is 2. The van der Waals surface area contributed by atoms with Crippen molar-refractivity contribution >= 4 is 10.8 Å². The summed E-state index contributed by atoms with van der Waals surface area (Å²) >= 11 is 0. The molecule has 1 aliphatic rings. The first kappa shape index (κ1) is 8.74. The zero-order chi connectivity index (χ0) is 10.3. The minimum atomic E-state index is 0.292. The lowest BCUT2D eigenvalue weighted by atomic mass is 10.0. The third kappa shape index (κ3) is 1.38. The normalized spacial score (nSPS) is 19.1. The van der Waals surface area contributed by atoms with Crippen LogP contribution in [0.2, 0.25) is 0 Å². The summed E-state index contributed by atoms with van der Waals surface area (Å²) in [6.07, 6.45) is 0.292. The summed E-state index contributed by atoms with van der Waals surface area (Å²) in [7, 11) is 1.70. The number of epoxide rings is 1. The van der Waals surface area contributed by atoms with Gasteiger partial charge in [0.05, 0.1) is 13.7 Å². The van der Waals surface area contributed by atoms with E-state index >= 15 is 0 Å². The number of benzene rings is 2. The molecule has 1 heterocycles. The number of hydrogen-bond donors (Lipinski definition) is 0. The van der Waals surface area contributed by atoms with Gasteiger partial charge in [0.15, 0.2) is 0 Å². The van der Waals surface area contributed by atoms with Gasteiger partial charge in [0.2, 0.25) is 0 Å². The first-order valence-electron chi connectivity index (χ1n) is 5.07. The maximum Gasteiger partial charge on any atom is 0.126 e. The van der Waals surface area contributed by atoms with Gasteiger partial charge in [-0.25, -0.2) is 0 Å². The SMILES string of the molecule is COc1ccc([C@H]2CO2)c2ccccc12. The Kier molecular flexibility index (Phi) is 1.89. The minimum Gasteiger partial charge on any atom is -0.496 e. The lowest BCUT2D eigenvalue weighted by molar-refractivity contribution is 0.413. The second-order valence-electron chi connectivity index (χ2n) is 3.72. The molecule has 0 saturated carbocycles. The van der Waals surface area contributed by atoms with E-state index in [1.807, 2.05) is 18.2 Å². The predicted molar refractivity (Wildman–Crippen MR) is 59.2 cm³/mol. The summed E-state index contributed by atoms with van der Waals surface area (Å²) in [6.45, 7) is 0.844. The van der Waals surface area contributed by atoms with Crippen LogP contribution in [0.3, 0.4) is 0 Å². The van der Waals surface area contributed by atoms with Crippen LogP contribution < -0.4 is 4.74 Å². The Morgan fingerprint density at radius 2 is 1.87 bits per heavy atom. The molecule has 2 aromatic carbocycles. The molecule has 0 aliphatic carbocycles. The summed E-state index contributed by atoms with van der Waals surface area (Å²) in [6, 6.07) is 12.4. The third-order valence-corrected chi connectivity index (χ3v) is 2.82. The van der Waals surface area contributed by atoms with Gasteiger partial charge in [0.1, 0.15) is 11.9 Å². The van der Waals surface area contributed by atoms with Crippen LogP contribution >= 0.6 is 0 Å². The van der Waals surface area contributed by atoms with Gasteiger partial charge in [0.25, 0.3) is 0 Å². The zero-order valence-electron chi connectivity index (χ0n) is 8.57. The highest BCUT2D eigenvalue weighted by molar-refractivity contribution is 5.91. The second-order valence-corrected chi connectivity index (χ2v) is 3.72. The van der Waals surface area contributed by atoms with Crippen LogP contribution in [-0.2, 0) is 4.74 Å². The molecule has 1 fully saturated rings. The van der Waals surface area contributed by atoms with Crippen LogP contribution in [0.4, 0.5) is 0 Å². The zero-order valence-corrected chi connectivity index (χ0v) is 8.57. The Bertz CT molecular complexity index is 501. The van der Waals surface area contributed by atoms with E-state index in [0.29, 0.717) is 6.10 Å². The monoisotopic (exact) mass is 200 g/mol. The fraction of sp³-hybridized carbons (Fsp3) is 0.231. The number of methoxy groups -OCH3 is 1. The van der Waals surface area contributed by atoms with Gasteiger partial charge >= 0.3 is 0 Å². The van der Waals surface area contributed by atoms with Gasteiger partial charge in [-0.3, -0.25) is 0 Å². The largest absolute Gasteiger partial charge is 0.496 e. The van der Waals surface area contributed by atoms with Crippen molar-refractivity contribution in [3.05, 3.63) is 42.0 Å². The molecule has 0 radical (unpaired) electrons. The maximum absolute atomic E-state index is 5.34. The first-order chi connectivity index (χ1) is 7.40. The molecule has 15 heavy (non-hydrogen) atoms. The molecule has 1 saturated heterocycles. The minimum absolute atomic E-state index is 0.292. The van der Waals surface area contributed by atoms with Crippen molar-refractivity contribution in [2.45, 2.75) is 6.10 Å². The quantitative estimate of drug-likeness (QED) is 0.695. The maximum atomic E-state index is 5.34. The molecule has 0 amide bonds. The lowest BCUT2D eigenvalue weighted by Gasteiger charge is -2.08. The van der Waals surface area contributed by atoms with E-state index in [2.05, 4.69) is 18.2 Å². The molecular weight excluding hydrogens is 188 g/mol. The van der Waals surface area contributed by atoms with Gasteiger partial charge in [0, 0.05) is 5.39 Å². The third-order valence-electron chi connectivity index (χ3n) is 2.82. The van der Waals surface area contributed by atoms with E-state index in [1.165, 1.54) is 10.9 Å². The molecule has 1 atom stereocenters. The summed E-state index contributed by atoms with van der Waals surface area (Å²) in [4.78, 5) is 0. The molecule has 2 aromatic rings. The Balaban J connectivity index is 2.30. The Morgan fingerprint density at radius 1 is 1.13 bits per heavy atom. The standard InChI is InChI=1S/C13H12O2/c1-14-12-7-6-11(13-8-15-13)9-4-2-3-5-10(9)12/h2-7,13H,8H2,1H3/t13-/m1/s1. The van der Waals surface area contributed by atoms with E-state index in [1.54, 1.807) is 7.11 Å². The van der Waals surface area contributed by atoms with Crippen molar-refractivity contribution < 1.29 is 9.47 Å². The van der Waals surface area contributed by atoms with Crippen molar-refractivity contribution in [3.8, 4) is 5.75 Å². The highest BCUT2D eigenvalue weighted by Crippen LogP contribution is 2.37. The average Bonchev–Trinajstić information content (AvgIpc) is 3.11. The molecule has 0 bridgehead atoms. The number of fused-ring (bicyclic) bond motifs is 1. The van der Waals surface area contributed by atoms with Crippen LogP contribution in [-0.4, -0.2) is 13.7 Å². The second kappa shape index (κ2) is 3.24. The Morgan fingerprint density at radius 3 is 2.53 bits per heavy atom. The fourth-order valence-electron chi connectivity index (χ4n) is 1.98. The van der Waals surface area contributed by atoms with Gasteiger partial charge in [-0.15, -0.1) is 0 Å². The van der Waals surface area contributed by atoms with Crippen LogP contribution in [0.5, 0.6) is 5.75 Å². The predicted octanol–water partition coefficient (Wildman–Crippen LogP) is 2.92. The molecule has 2 nitrogen and oxygen atoms in total. The molecule has 2 heteroatoms. The molecule has 1 aliphatic heterocycles. The molecule has 76 valence electrons. The smallest absolute Gasteiger partial charge is 0.126 e. The van der Waals surface area contributed by atoms with Crippen molar-refractivity contribution in [1.29, 1.82) is 0 Å².